The quantitative estimate of drug-likeness (QED) is 0.809. The fourth-order valence-electron chi connectivity index (χ4n) is 2.79. The third-order valence-corrected chi connectivity index (χ3v) is 4.13. The van der Waals surface area contributed by atoms with Crippen LogP contribution in [0.3, 0.4) is 0 Å². The van der Waals surface area contributed by atoms with Crippen LogP contribution in [0.15, 0.2) is 24.3 Å². The minimum atomic E-state index is 0. The van der Waals surface area contributed by atoms with Gasteiger partial charge in [-0.05, 0) is 44.4 Å². The molecule has 1 aromatic heterocycles. The zero-order valence-corrected chi connectivity index (χ0v) is 13.3. The summed E-state index contributed by atoms with van der Waals surface area (Å²) in [5.74, 6) is 1.80. The van der Waals surface area contributed by atoms with Crippen LogP contribution in [0.5, 0.6) is 0 Å². The first-order valence-corrected chi connectivity index (χ1v) is 7.89. The summed E-state index contributed by atoms with van der Waals surface area (Å²) in [6.07, 6.45) is 4.87. The molecule has 2 aromatic rings. The standard InChI is InChI=1S/C16H21N5.ClH/c1-2-6-14-13(5-1)20-15(18-11-7-8-11)16(21-14)19-12-4-3-9-17-10-12;/h1-2,5-6,11-12,17H,3-4,7-10H2,(H,18,20)(H,19,21);1H. The number of hydrogen-bond acceptors (Lipinski definition) is 5. The van der Waals surface area contributed by atoms with Crippen molar-refractivity contribution in [2.45, 2.75) is 37.8 Å². The van der Waals surface area contributed by atoms with E-state index in [-0.39, 0.29) is 12.4 Å². The van der Waals surface area contributed by atoms with Crippen LogP contribution in [0.1, 0.15) is 25.7 Å². The molecule has 0 bridgehead atoms. The molecule has 5 nitrogen and oxygen atoms in total. The fraction of sp³-hybridized carbons (Fsp3) is 0.500. The molecule has 22 heavy (non-hydrogen) atoms. The Morgan fingerprint density at radius 2 is 1.55 bits per heavy atom. The third kappa shape index (κ3) is 3.42. The molecule has 118 valence electrons. The van der Waals surface area contributed by atoms with Gasteiger partial charge in [0, 0.05) is 18.6 Å². The van der Waals surface area contributed by atoms with Crippen molar-refractivity contribution in [2.24, 2.45) is 0 Å². The Hall–Kier alpha value is -1.59. The molecule has 2 fully saturated rings. The maximum Gasteiger partial charge on any atom is 0.170 e. The second-order valence-electron chi connectivity index (χ2n) is 6.02. The Morgan fingerprint density at radius 3 is 2.09 bits per heavy atom. The van der Waals surface area contributed by atoms with Crippen molar-refractivity contribution >= 4 is 35.1 Å². The van der Waals surface area contributed by atoms with E-state index >= 15 is 0 Å². The van der Waals surface area contributed by atoms with Crippen molar-refractivity contribution < 1.29 is 0 Å². The zero-order chi connectivity index (χ0) is 14.1. The first-order valence-electron chi connectivity index (χ1n) is 7.89. The molecule has 6 heteroatoms. The number of benzene rings is 1. The Bertz CT molecular complexity index is 637. The Labute approximate surface area is 136 Å². The van der Waals surface area contributed by atoms with Crippen LogP contribution in [0.25, 0.3) is 11.0 Å². The Kier molecular flexibility index (Phi) is 4.64. The molecule has 1 unspecified atom stereocenters. The first-order chi connectivity index (χ1) is 10.4. The predicted molar refractivity (Wildman–Crippen MR) is 92.9 cm³/mol. The molecular weight excluding hydrogens is 298 g/mol. The monoisotopic (exact) mass is 319 g/mol. The molecule has 1 aliphatic heterocycles. The van der Waals surface area contributed by atoms with Gasteiger partial charge < -0.3 is 16.0 Å². The average Bonchev–Trinajstić information content (AvgIpc) is 3.33. The summed E-state index contributed by atoms with van der Waals surface area (Å²) >= 11 is 0. The number of nitrogens with one attached hydrogen (secondary N) is 3. The van der Waals surface area contributed by atoms with Crippen molar-refractivity contribution in [2.75, 3.05) is 23.7 Å². The fourth-order valence-corrected chi connectivity index (χ4v) is 2.79. The lowest BCUT2D eigenvalue weighted by molar-refractivity contribution is 0.479. The number of piperidine rings is 1. The summed E-state index contributed by atoms with van der Waals surface area (Å²) in [5, 5.41) is 10.5. The highest BCUT2D eigenvalue weighted by Crippen LogP contribution is 2.29. The number of hydrogen-bond donors (Lipinski definition) is 3. The molecule has 1 aliphatic carbocycles. The minimum absolute atomic E-state index is 0. The smallest absolute Gasteiger partial charge is 0.170 e. The van der Waals surface area contributed by atoms with Gasteiger partial charge in [-0.2, -0.15) is 0 Å². The van der Waals surface area contributed by atoms with Crippen LogP contribution in [-0.2, 0) is 0 Å². The lowest BCUT2D eigenvalue weighted by atomic mass is 10.1. The van der Waals surface area contributed by atoms with Gasteiger partial charge in [0.15, 0.2) is 11.6 Å². The third-order valence-electron chi connectivity index (χ3n) is 4.13. The molecule has 1 aromatic carbocycles. The largest absolute Gasteiger partial charge is 0.364 e. The number of rotatable bonds is 4. The van der Waals surface area contributed by atoms with Crippen LogP contribution in [-0.4, -0.2) is 35.1 Å². The summed E-state index contributed by atoms with van der Waals surface area (Å²) in [6.45, 7) is 2.12. The summed E-state index contributed by atoms with van der Waals surface area (Å²) in [5.41, 5.74) is 1.90. The number of halogens is 1. The topological polar surface area (TPSA) is 61.9 Å². The van der Waals surface area contributed by atoms with Gasteiger partial charge in [-0.3, -0.25) is 0 Å². The van der Waals surface area contributed by atoms with Crippen molar-refractivity contribution in [3.05, 3.63) is 24.3 Å². The zero-order valence-electron chi connectivity index (χ0n) is 12.5. The highest BCUT2D eigenvalue weighted by atomic mass is 35.5. The van der Waals surface area contributed by atoms with Gasteiger partial charge >= 0.3 is 0 Å². The van der Waals surface area contributed by atoms with E-state index in [9.17, 15) is 0 Å². The van der Waals surface area contributed by atoms with Gasteiger partial charge in [0.1, 0.15) is 0 Å². The molecule has 2 heterocycles. The van der Waals surface area contributed by atoms with E-state index in [1.807, 2.05) is 24.3 Å². The molecule has 0 spiro atoms. The van der Waals surface area contributed by atoms with Gasteiger partial charge in [0.05, 0.1) is 11.0 Å². The molecule has 1 atom stereocenters. The lowest BCUT2D eigenvalue weighted by Crippen LogP contribution is -2.38. The van der Waals surface area contributed by atoms with Gasteiger partial charge in [-0.15, -0.1) is 12.4 Å². The van der Waals surface area contributed by atoms with E-state index in [0.29, 0.717) is 12.1 Å². The lowest BCUT2D eigenvalue weighted by Gasteiger charge is -2.25. The summed E-state index contributed by atoms with van der Waals surface area (Å²) in [6, 6.07) is 9.08. The average molecular weight is 320 g/mol. The van der Waals surface area contributed by atoms with Crippen LogP contribution in [0.4, 0.5) is 11.6 Å². The second kappa shape index (κ2) is 6.67. The first kappa shape index (κ1) is 15.3. The van der Waals surface area contributed by atoms with Crippen LogP contribution >= 0.6 is 12.4 Å². The number of anilines is 2. The van der Waals surface area contributed by atoms with Crippen molar-refractivity contribution in [3.8, 4) is 0 Å². The van der Waals surface area contributed by atoms with Crippen LogP contribution in [0.2, 0.25) is 0 Å². The van der Waals surface area contributed by atoms with Gasteiger partial charge in [-0.25, -0.2) is 9.97 Å². The Morgan fingerprint density at radius 1 is 0.909 bits per heavy atom. The molecule has 0 radical (unpaired) electrons. The Balaban J connectivity index is 0.00000144. The normalized spacial score (nSPS) is 21.2. The van der Waals surface area contributed by atoms with E-state index in [1.165, 1.54) is 25.7 Å². The van der Waals surface area contributed by atoms with Crippen molar-refractivity contribution in [1.29, 1.82) is 0 Å². The van der Waals surface area contributed by atoms with Crippen LogP contribution in [0, 0.1) is 0 Å². The van der Waals surface area contributed by atoms with E-state index < -0.39 is 0 Å². The van der Waals surface area contributed by atoms with Crippen LogP contribution < -0.4 is 16.0 Å². The predicted octanol–water partition coefficient (Wildman–Crippen LogP) is 2.79. The number of fused-ring (bicyclic) bond motifs is 1. The highest BCUT2D eigenvalue weighted by molar-refractivity contribution is 5.85. The summed E-state index contributed by atoms with van der Waals surface area (Å²) in [7, 11) is 0. The summed E-state index contributed by atoms with van der Waals surface area (Å²) in [4.78, 5) is 9.55. The second-order valence-corrected chi connectivity index (χ2v) is 6.02. The molecule has 4 rings (SSSR count). The minimum Gasteiger partial charge on any atom is -0.364 e. The molecular formula is C16H22ClN5. The van der Waals surface area contributed by atoms with Gasteiger partial charge in [0.25, 0.3) is 0 Å². The van der Waals surface area contributed by atoms with E-state index in [2.05, 4.69) is 16.0 Å². The maximum absolute atomic E-state index is 4.79. The number of para-hydroxylation sites is 2. The van der Waals surface area contributed by atoms with E-state index in [4.69, 9.17) is 9.97 Å². The number of nitrogens with zero attached hydrogens (tertiary/aromatic N) is 2. The van der Waals surface area contributed by atoms with E-state index in [0.717, 1.165) is 35.8 Å². The van der Waals surface area contributed by atoms with Crippen molar-refractivity contribution in [1.82, 2.24) is 15.3 Å². The van der Waals surface area contributed by atoms with E-state index in [1.54, 1.807) is 0 Å². The maximum atomic E-state index is 4.79. The van der Waals surface area contributed by atoms with Crippen molar-refractivity contribution in [3.63, 3.8) is 0 Å². The molecule has 2 aliphatic rings. The SMILES string of the molecule is Cl.c1ccc2nc(NC3CCCNC3)c(NC3CC3)nc2c1. The number of aromatic nitrogens is 2. The highest BCUT2D eigenvalue weighted by Gasteiger charge is 2.24. The summed E-state index contributed by atoms with van der Waals surface area (Å²) < 4.78 is 0. The molecule has 1 saturated heterocycles. The molecule has 3 N–H and O–H groups in total. The van der Waals surface area contributed by atoms with Gasteiger partial charge in [-0.1, -0.05) is 12.1 Å². The molecule has 1 saturated carbocycles. The van der Waals surface area contributed by atoms with Gasteiger partial charge in [0.2, 0.25) is 0 Å². The molecule has 0 amide bonds.